The van der Waals surface area contributed by atoms with Crippen molar-refractivity contribution >= 4 is 33.9 Å². The van der Waals surface area contributed by atoms with Gasteiger partial charge in [-0.25, -0.2) is 4.98 Å². The van der Waals surface area contributed by atoms with Gasteiger partial charge in [0, 0.05) is 55.0 Å². The molecule has 2 N–H and O–H groups in total. The van der Waals surface area contributed by atoms with Gasteiger partial charge in [-0.2, -0.15) is 5.26 Å². The molecule has 9 nitrogen and oxygen atoms in total. The number of carbonyl (C=O) groups is 1. The summed E-state index contributed by atoms with van der Waals surface area (Å²) in [4.78, 5) is 21.7. The van der Waals surface area contributed by atoms with E-state index in [1.165, 1.54) is 0 Å². The van der Waals surface area contributed by atoms with Crippen molar-refractivity contribution in [1.82, 2.24) is 14.5 Å². The van der Waals surface area contributed by atoms with Crippen molar-refractivity contribution in [3.8, 4) is 22.9 Å². The molecular formula is C33H28N6O3. The van der Waals surface area contributed by atoms with Crippen molar-refractivity contribution in [2.24, 2.45) is 5.92 Å². The number of rotatable bonds is 7. The fourth-order valence-corrected chi connectivity index (χ4v) is 5.70. The van der Waals surface area contributed by atoms with Crippen LogP contribution in [0.15, 0.2) is 79.4 Å². The van der Waals surface area contributed by atoms with E-state index in [4.69, 9.17) is 9.47 Å². The van der Waals surface area contributed by atoms with Gasteiger partial charge in [0.15, 0.2) is 11.4 Å². The molecule has 0 aliphatic carbocycles. The van der Waals surface area contributed by atoms with Crippen molar-refractivity contribution in [2.45, 2.75) is 19.4 Å². The van der Waals surface area contributed by atoms with Crippen LogP contribution in [0.3, 0.4) is 0 Å². The van der Waals surface area contributed by atoms with Gasteiger partial charge in [-0.3, -0.25) is 9.78 Å². The number of amides is 1. The van der Waals surface area contributed by atoms with E-state index in [1.807, 2.05) is 60.9 Å². The highest BCUT2D eigenvalue weighted by molar-refractivity contribution is 6.13. The molecular weight excluding hydrogens is 528 g/mol. The fourth-order valence-electron chi connectivity index (χ4n) is 5.70. The van der Waals surface area contributed by atoms with Crippen molar-refractivity contribution in [3.05, 3.63) is 96.2 Å². The van der Waals surface area contributed by atoms with Gasteiger partial charge in [0.1, 0.15) is 6.07 Å². The van der Waals surface area contributed by atoms with E-state index in [0.717, 1.165) is 65.1 Å². The summed E-state index contributed by atoms with van der Waals surface area (Å²) in [6, 6.07) is 19.4. The zero-order valence-corrected chi connectivity index (χ0v) is 22.8. The van der Waals surface area contributed by atoms with E-state index in [2.05, 4.69) is 31.4 Å². The average Bonchev–Trinajstić information content (AvgIpc) is 3.64. The topological polar surface area (TPSA) is 114 Å². The van der Waals surface area contributed by atoms with E-state index in [-0.39, 0.29) is 11.6 Å². The fraction of sp³-hybridized carbons (Fsp3) is 0.212. The Morgan fingerprint density at radius 1 is 1.05 bits per heavy atom. The van der Waals surface area contributed by atoms with E-state index in [9.17, 15) is 10.1 Å². The van der Waals surface area contributed by atoms with Crippen LogP contribution < -0.4 is 15.4 Å². The number of benzene rings is 2. The summed E-state index contributed by atoms with van der Waals surface area (Å²) in [6.07, 6.45) is 9.16. The first-order valence-electron chi connectivity index (χ1n) is 14.0. The second kappa shape index (κ2) is 11.0. The summed E-state index contributed by atoms with van der Waals surface area (Å²) in [7, 11) is 0. The number of hydrogen-bond acceptors (Lipinski definition) is 7. The van der Waals surface area contributed by atoms with Crippen LogP contribution in [0.4, 0.5) is 17.1 Å². The van der Waals surface area contributed by atoms with Gasteiger partial charge in [0.2, 0.25) is 0 Å². The monoisotopic (exact) mass is 556 g/mol. The number of aromatic nitrogens is 3. The molecule has 1 fully saturated rings. The van der Waals surface area contributed by atoms with Crippen LogP contribution >= 0.6 is 0 Å². The third-order valence-corrected chi connectivity index (χ3v) is 7.87. The number of ether oxygens (including phenoxy) is 2. The lowest BCUT2D eigenvalue weighted by Gasteiger charge is -2.12. The molecule has 3 aromatic heterocycles. The van der Waals surface area contributed by atoms with Crippen LogP contribution in [-0.4, -0.2) is 40.3 Å². The third kappa shape index (κ3) is 4.93. The van der Waals surface area contributed by atoms with Crippen LogP contribution in [0.2, 0.25) is 0 Å². The summed E-state index contributed by atoms with van der Waals surface area (Å²) in [5.41, 5.74) is 7.33. The van der Waals surface area contributed by atoms with Crippen LogP contribution in [0.25, 0.3) is 22.0 Å². The quantitative estimate of drug-likeness (QED) is 0.255. The van der Waals surface area contributed by atoms with Crippen LogP contribution in [0.5, 0.6) is 5.75 Å². The Bertz CT molecular complexity index is 1850. The first-order chi connectivity index (χ1) is 20.7. The number of nitriles is 1. The van der Waals surface area contributed by atoms with Crippen molar-refractivity contribution in [2.75, 3.05) is 30.5 Å². The third-order valence-electron chi connectivity index (χ3n) is 7.87. The van der Waals surface area contributed by atoms with Crippen molar-refractivity contribution < 1.29 is 14.3 Å². The SMILES string of the molecule is N#Cc1ncccc1OCCc1ccc2c(c1)NC(=O)c1ccc(-c3cn(CC4CCOC4)c4cnccc34)cc1N2. The van der Waals surface area contributed by atoms with Gasteiger partial charge in [-0.15, -0.1) is 0 Å². The Labute approximate surface area is 242 Å². The van der Waals surface area contributed by atoms with Gasteiger partial charge >= 0.3 is 0 Å². The van der Waals surface area contributed by atoms with Crippen molar-refractivity contribution in [1.29, 1.82) is 5.26 Å². The first kappa shape index (κ1) is 25.7. The molecule has 1 saturated heterocycles. The standard InChI is InChI=1S/C33H28N6O3/c34-16-30-32(2-1-10-36-30)42-13-9-21-3-6-27-29(14-21)38-33(40)25-5-4-23(15-28(25)37-27)26-19-39(18-22-8-12-41-20-22)31-17-35-11-7-24(26)31/h1-7,10-11,14-15,17,19,22,37H,8-9,12-13,18,20H2,(H,38,40). The molecule has 1 unspecified atom stereocenters. The van der Waals surface area contributed by atoms with Crippen molar-refractivity contribution in [3.63, 3.8) is 0 Å². The molecule has 2 aliphatic rings. The predicted octanol–water partition coefficient (Wildman–Crippen LogP) is 5.94. The molecule has 5 heterocycles. The molecule has 7 rings (SSSR count). The molecule has 2 aliphatic heterocycles. The van der Waals surface area contributed by atoms with E-state index in [0.29, 0.717) is 35.9 Å². The van der Waals surface area contributed by atoms with E-state index >= 15 is 0 Å². The van der Waals surface area contributed by atoms with Gasteiger partial charge in [-0.1, -0.05) is 12.1 Å². The highest BCUT2D eigenvalue weighted by Gasteiger charge is 2.22. The second-order valence-corrected chi connectivity index (χ2v) is 10.6. The largest absolute Gasteiger partial charge is 0.490 e. The zero-order valence-electron chi connectivity index (χ0n) is 22.8. The molecule has 2 aromatic carbocycles. The lowest BCUT2D eigenvalue weighted by Crippen LogP contribution is -2.11. The van der Waals surface area contributed by atoms with Crippen LogP contribution in [0, 0.1) is 17.2 Å². The molecule has 1 amide bonds. The van der Waals surface area contributed by atoms with E-state index < -0.39 is 0 Å². The Morgan fingerprint density at radius 3 is 2.88 bits per heavy atom. The highest BCUT2D eigenvalue weighted by Crippen LogP contribution is 2.38. The second-order valence-electron chi connectivity index (χ2n) is 10.6. The zero-order chi connectivity index (χ0) is 28.5. The highest BCUT2D eigenvalue weighted by atomic mass is 16.5. The molecule has 42 heavy (non-hydrogen) atoms. The molecule has 208 valence electrons. The summed E-state index contributed by atoms with van der Waals surface area (Å²) >= 11 is 0. The summed E-state index contributed by atoms with van der Waals surface area (Å²) in [5, 5.41) is 16.9. The minimum Gasteiger partial charge on any atom is -0.490 e. The Kier molecular flexibility index (Phi) is 6.74. The smallest absolute Gasteiger partial charge is 0.257 e. The maximum atomic E-state index is 13.3. The Hall–Kier alpha value is -5.20. The number of anilines is 3. The predicted molar refractivity (Wildman–Crippen MR) is 160 cm³/mol. The van der Waals surface area contributed by atoms with Gasteiger partial charge in [-0.05, 0) is 60.0 Å². The molecule has 1 atom stereocenters. The Morgan fingerprint density at radius 2 is 2.00 bits per heavy atom. The number of fused-ring (bicyclic) bond motifs is 3. The number of hydrogen-bond donors (Lipinski definition) is 2. The maximum absolute atomic E-state index is 13.3. The Balaban J connectivity index is 1.14. The first-order valence-corrected chi connectivity index (χ1v) is 14.0. The number of nitrogens with one attached hydrogen (secondary N) is 2. The normalized spacial score (nSPS) is 15.7. The minimum atomic E-state index is -0.168. The summed E-state index contributed by atoms with van der Waals surface area (Å²) in [6.45, 7) is 2.87. The summed E-state index contributed by atoms with van der Waals surface area (Å²) < 4.78 is 13.7. The molecule has 0 saturated carbocycles. The molecule has 9 heteroatoms. The number of nitrogens with zero attached hydrogens (tertiary/aromatic N) is 4. The van der Waals surface area contributed by atoms with Crippen LogP contribution in [-0.2, 0) is 17.7 Å². The van der Waals surface area contributed by atoms with Gasteiger partial charge in [0.25, 0.3) is 5.91 Å². The average molecular weight is 557 g/mol. The lowest BCUT2D eigenvalue weighted by atomic mass is 10.0. The van der Waals surface area contributed by atoms with Gasteiger partial charge in [0.05, 0.1) is 47.6 Å². The maximum Gasteiger partial charge on any atom is 0.257 e. The number of pyridine rings is 2. The molecule has 0 bridgehead atoms. The number of carbonyl (C=O) groups excluding carboxylic acids is 1. The van der Waals surface area contributed by atoms with Gasteiger partial charge < -0.3 is 24.7 Å². The summed E-state index contributed by atoms with van der Waals surface area (Å²) in [5.74, 6) is 0.783. The molecule has 0 radical (unpaired) electrons. The molecule has 0 spiro atoms. The van der Waals surface area contributed by atoms with Crippen LogP contribution in [0.1, 0.15) is 28.0 Å². The molecule has 5 aromatic rings. The van der Waals surface area contributed by atoms with E-state index in [1.54, 1.807) is 18.3 Å². The lowest BCUT2D eigenvalue weighted by molar-refractivity contribution is 0.102. The minimum absolute atomic E-state index is 0.168.